The zero-order valence-electron chi connectivity index (χ0n) is 11.7. The largest absolute Gasteiger partial charge is 0.497 e. The Kier molecular flexibility index (Phi) is 5.04. The molecule has 1 N–H and O–H groups in total. The van der Waals surface area contributed by atoms with Gasteiger partial charge in [-0.2, -0.15) is 0 Å². The fraction of sp³-hybridized carbons (Fsp3) is 0.250. The molecular formula is C16H16ClFO3. The number of halogens is 2. The van der Waals surface area contributed by atoms with Crippen molar-refractivity contribution in [3.63, 3.8) is 0 Å². The van der Waals surface area contributed by atoms with Crippen molar-refractivity contribution in [1.82, 2.24) is 0 Å². The number of methoxy groups -OCH3 is 1. The minimum atomic E-state index is -1.10. The molecule has 0 fully saturated rings. The van der Waals surface area contributed by atoms with Gasteiger partial charge in [0, 0.05) is 16.7 Å². The van der Waals surface area contributed by atoms with Crippen molar-refractivity contribution < 1.29 is 19.0 Å². The molecule has 0 aromatic heterocycles. The second kappa shape index (κ2) is 6.78. The molecule has 5 heteroatoms. The van der Waals surface area contributed by atoms with E-state index < -0.39 is 18.0 Å². The highest BCUT2D eigenvalue weighted by atomic mass is 35.5. The van der Waals surface area contributed by atoms with E-state index >= 15 is 0 Å². The summed E-state index contributed by atoms with van der Waals surface area (Å²) in [6, 6.07) is 11.1. The van der Waals surface area contributed by atoms with Crippen LogP contribution in [0.25, 0.3) is 0 Å². The van der Waals surface area contributed by atoms with Crippen LogP contribution in [-0.4, -0.2) is 18.3 Å². The third-order valence-electron chi connectivity index (χ3n) is 3.09. The van der Waals surface area contributed by atoms with Gasteiger partial charge in [-0.3, -0.25) is 0 Å². The van der Waals surface area contributed by atoms with Gasteiger partial charge >= 0.3 is 0 Å². The molecule has 0 heterocycles. The summed E-state index contributed by atoms with van der Waals surface area (Å²) in [5.74, 6) is 0.373. The van der Waals surface area contributed by atoms with E-state index in [4.69, 9.17) is 21.1 Å². The molecule has 0 aliphatic carbocycles. The van der Waals surface area contributed by atoms with E-state index in [1.54, 1.807) is 37.3 Å². The molecular weight excluding hydrogens is 295 g/mol. The average molecular weight is 311 g/mol. The van der Waals surface area contributed by atoms with E-state index in [9.17, 15) is 9.50 Å². The summed E-state index contributed by atoms with van der Waals surface area (Å²) in [5, 5.41) is 10.8. The van der Waals surface area contributed by atoms with E-state index in [1.807, 2.05) is 0 Å². The van der Waals surface area contributed by atoms with Crippen molar-refractivity contribution >= 4 is 11.6 Å². The molecule has 21 heavy (non-hydrogen) atoms. The summed E-state index contributed by atoms with van der Waals surface area (Å²) < 4.78 is 24.5. The number of hydrogen-bond acceptors (Lipinski definition) is 3. The van der Waals surface area contributed by atoms with Crippen molar-refractivity contribution in [3.8, 4) is 11.5 Å². The van der Waals surface area contributed by atoms with Crippen LogP contribution in [0.5, 0.6) is 11.5 Å². The summed E-state index contributed by atoms with van der Waals surface area (Å²) in [6.45, 7) is 1.66. The quantitative estimate of drug-likeness (QED) is 0.907. The summed E-state index contributed by atoms with van der Waals surface area (Å²) >= 11 is 5.87. The molecule has 112 valence electrons. The van der Waals surface area contributed by atoms with Gasteiger partial charge in [0.2, 0.25) is 0 Å². The van der Waals surface area contributed by atoms with Gasteiger partial charge in [0.15, 0.2) is 0 Å². The maximum atomic E-state index is 13.9. The highest BCUT2D eigenvalue weighted by molar-refractivity contribution is 6.30. The van der Waals surface area contributed by atoms with E-state index in [-0.39, 0.29) is 5.56 Å². The minimum Gasteiger partial charge on any atom is -0.497 e. The highest BCUT2D eigenvalue weighted by Crippen LogP contribution is 2.27. The fourth-order valence-corrected chi connectivity index (χ4v) is 2.13. The lowest BCUT2D eigenvalue weighted by Gasteiger charge is -2.21. The number of ether oxygens (including phenoxy) is 2. The van der Waals surface area contributed by atoms with Crippen LogP contribution in [0, 0.1) is 5.82 Å². The van der Waals surface area contributed by atoms with E-state index in [2.05, 4.69) is 0 Å². The molecule has 0 aliphatic rings. The Morgan fingerprint density at radius 1 is 1.14 bits per heavy atom. The molecule has 2 atom stereocenters. The molecule has 0 amide bonds. The lowest BCUT2D eigenvalue weighted by atomic mass is 10.0. The SMILES string of the molecule is COc1ccc(C(O)C(C)Oc2cccc(Cl)c2)c(F)c1. The van der Waals surface area contributed by atoms with Crippen molar-refractivity contribution in [2.24, 2.45) is 0 Å². The summed E-state index contributed by atoms with van der Waals surface area (Å²) in [6.07, 6.45) is -1.73. The maximum Gasteiger partial charge on any atom is 0.132 e. The Morgan fingerprint density at radius 2 is 1.90 bits per heavy atom. The van der Waals surface area contributed by atoms with Gasteiger partial charge in [-0.15, -0.1) is 0 Å². The molecule has 2 aromatic carbocycles. The Labute approximate surface area is 127 Å². The van der Waals surface area contributed by atoms with Gasteiger partial charge in [-0.25, -0.2) is 4.39 Å². The Morgan fingerprint density at radius 3 is 2.52 bits per heavy atom. The molecule has 0 aliphatic heterocycles. The van der Waals surface area contributed by atoms with Gasteiger partial charge in [0.1, 0.15) is 29.5 Å². The third kappa shape index (κ3) is 3.86. The van der Waals surface area contributed by atoms with E-state index in [0.717, 1.165) is 0 Å². The van der Waals surface area contributed by atoms with Crippen molar-refractivity contribution in [3.05, 3.63) is 58.9 Å². The Hall–Kier alpha value is -1.78. The summed E-state index contributed by atoms with van der Waals surface area (Å²) in [4.78, 5) is 0. The molecule has 2 rings (SSSR count). The summed E-state index contributed by atoms with van der Waals surface area (Å²) in [5.41, 5.74) is 0.158. The van der Waals surface area contributed by atoms with Crippen LogP contribution >= 0.6 is 11.6 Å². The molecule has 0 saturated carbocycles. The van der Waals surface area contributed by atoms with Gasteiger partial charge < -0.3 is 14.6 Å². The third-order valence-corrected chi connectivity index (χ3v) is 3.32. The average Bonchev–Trinajstić information content (AvgIpc) is 2.46. The van der Waals surface area contributed by atoms with Gasteiger partial charge in [-0.1, -0.05) is 17.7 Å². The predicted octanol–water partition coefficient (Wildman–Crippen LogP) is 3.99. The first-order valence-electron chi connectivity index (χ1n) is 6.45. The second-order valence-corrected chi connectivity index (χ2v) is 5.05. The van der Waals surface area contributed by atoms with E-state index in [1.165, 1.54) is 19.2 Å². The number of aliphatic hydroxyl groups is 1. The van der Waals surface area contributed by atoms with Gasteiger partial charge in [0.05, 0.1) is 7.11 Å². The van der Waals surface area contributed by atoms with Crippen molar-refractivity contribution in [2.75, 3.05) is 7.11 Å². The molecule has 0 spiro atoms. The number of hydrogen-bond donors (Lipinski definition) is 1. The molecule has 0 saturated heterocycles. The molecule has 0 bridgehead atoms. The van der Waals surface area contributed by atoms with Crippen molar-refractivity contribution in [1.29, 1.82) is 0 Å². The zero-order valence-corrected chi connectivity index (χ0v) is 12.5. The fourth-order valence-electron chi connectivity index (χ4n) is 1.95. The normalized spacial score (nSPS) is 13.6. The van der Waals surface area contributed by atoms with E-state index in [0.29, 0.717) is 16.5 Å². The van der Waals surface area contributed by atoms with Crippen LogP contribution in [0.2, 0.25) is 5.02 Å². The number of benzene rings is 2. The van der Waals surface area contributed by atoms with Crippen molar-refractivity contribution in [2.45, 2.75) is 19.1 Å². The topological polar surface area (TPSA) is 38.7 Å². The minimum absolute atomic E-state index is 0.158. The second-order valence-electron chi connectivity index (χ2n) is 4.61. The number of aliphatic hydroxyl groups excluding tert-OH is 1. The predicted molar refractivity (Wildman–Crippen MR) is 79.5 cm³/mol. The zero-order chi connectivity index (χ0) is 15.4. The monoisotopic (exact) mass is 310 g/mol. The van der Waals surface area contributed by atoms with Gasteiger partial charge in [-0.05, 0) is 37.3 Å². The Bertz CT molecular complexity index is 618. The molecule has 2 aromatic rings. The first-order valence-corrected chi connectivity index (χ1v) is 6.83. The molecule has 2 unspecified atom stereocenters. The highest BCUT2D eigenvalue weighted by Gasteiger charge is 2.21. The summed E-state index contributed by atoms with van der Waals surface area (Å²) in [7, 11) is 1.45. The van der Waals surface area contributed by atoms with Crippen LogP contribution in [0.15, 0.2) is 42.5 Å². The first-order chi connectivity index (χ1) is 10.0. The lowest BCUT2D eigenvalue weighted by molar-refractivity contribution is 0.0443. The lowest BCUT2D eigenvalue weighted by Crippen LogP contribution is -2.22. The first kappa shape index (κ1) is 15.6. The Balaban J connectivity index is 2.13. The van der Waals surface area contributed by atoms with Crippen LogP contribution < -0.4 is 9.47 Å². The van der Waals surface area contributed by atoms with Crippen LogP contribution in [-0.2, 0) is 0 Å². The standard InChI is InChI=1S/C16H16ClFO3/c1-10(21-13-5-3-4-11(17)8-13)16(19)14-7-6-12(20-2)9-15(14)18/h3-10,16,19H,1-2H3. The van der Waals surface area contributed by atoms with Crippen LogP contribution in [0.4, 0.5) is 4.39 Å². The maximum absolute atomic E-state index is 13.9. The number of rotatable bonds is 5. The molecule has 3 nitrogen and oxygen atoms in total. The smallest absolute Gasteiger partial charge is 0.132 e. The molecule has 0 radical (unpaired) electrons. The van der Waals surface area contributed by atoms with Crippen LogP contribution in [0.1, 0.15) is 18.6 Å². The van der Waals surface area contributed by atoms with Gasteiger partial charge in [0.25, 0.3) is 0 Å². The van der Waals surface area contributed by atoms with Crippen LogP contribution in [0.3, 0.4) is 0 Å².